The topological polar surface area (TPSA) is 17.1 Å². The van der Waals surface area contributed by atoms with Crippen LogP contribution in [0, 0.1) is 0 Å². The Hall–Kier alpha value is 0.01000. The Balaban J connectivity index is 3.52. The Kier molecular flexibility index (Phi) is 14.0. The maximum atomic E-state index is 13.5. The molecule has 0 bridgehead atoms. The van der Waals surface area contributed by atoms with E-state index in [1.807, 2.05) is 0 Å². The van der Waals surface area contributed by atoms with Crippen LogP contribution in [0.2, 0.25) is 0 Å². The second kappa shape index (κ2) is 14.0. The number of hydrogen-bond donors (Lipinski definition) is 0. The molecule has 2 atom stereocenters. The number of unbranched alkanes of at least 4 members (excludes halogenated alkanes) is 4. The molecule has 122 valence electrons. The first-order valence-electron chi connectivity index (χ1n) is 8.23. The van der Waals surface area contributed by atoms with Crippen molar-refractivity contribution >= 4 is 10.8 Å². The lowest BCUT2D eigenvalue weighted by molar-refractivity contribution is 0.296. The van der Waals surface area contributed by atoms with Crippen molar-refractivity contribution in [2.75, 3.05) is 11.5 Å². The van der Waals surface area contributed by atoms with E-state index in [1.54, 1.807) is 0 Å². The van der Waals surface area contributed by atoms with E-state index in [9.17, 15) is 13.0 Å². The Morgan fingerprint density at radius 3 is 1.50 bits per heavy atom. The molecule has 1 nitrogen and oxygen atoms in total. The van der Waals surface area contributed by atoms with Crippen LogP contribution < -0.4 is 0 Å². The summed E-state index contributed by atoms with van der Waals surface area (Å²) in [6.45, 7) is 4.19. The largest absolute Gasteiger partial charge is 0.260 e. The normalized spacial score (nSPS) is 16.0. The van der Waals surface area contributed by atoms with E-state index in [4.69, 9.17) is 0 Å². The van der Waals surface area contributed by atoms with Gasteiger partial charge in [-0.2, -0.15) is 0 Å². The minimum Gasteiger partial charge on any atom is -0.260 e. The average Bonchev–Trinajstić information content (AvgIpc) is 2.43. The molecule has 20 heavy (non-hydrogen) atoms. The van der Waals surface area contributed by atoms with Crippen LogP contribution in [0.15, 0.2) is 0 Å². The molecule has 0 saturated carbocycles. The molecular formula is C16H32F2OS. The summed E-state index contributed by atoms with van der Waals surface area (Å²) in [6, 6.07) is 0. The second-order valence-corrected chi connectivity index (χ2v) is 7.31. The molecule has 0 aromatic rings. The Labute approximate surface area is 126 Å². The summed E-state index contributed by atoms with van der Waals surface area (Å²) >= 11 is 0. The quantitative estimate of drug-likeness (QED) is 0.395. The molecule has 0 heterocycles. The molecule has 0 aromatic heterocycles. The molecule has 0 rings (SSSR count). The third kappa shape index (κ3) is 13.0. The molecule has 0 spiro atoms. The van der Waals surface area contributed by atoms with Gasteiger partial charge >= 0.3 is 0 Å². The van der Waals surface area contributed by atoms with Gasteiger partial charge in [0.2, 0.25) is 0 Å². The lowest BCUT2D eigenvalue weighted by atomic mass is 10.1. The molecule has 0 aliphatic carbocycles. The van der Waals surface area contributed by atoms with Crippen LogP contribution in [0.4, 0.5) is 8.78 Å². The van der Waals surface area contributed by atoms with Gasteiger partial charge in [0.25, 0.3) is 0 Å². The molecule has 4 heteroatoms. The van der Waals surface area contributed by atoms with E-state index < -0.39 is 23.1 Å². The summed E-state index contributed by atoms with van der Waals surface area (Å²) < 4.78 is 38.7. The van der Waals surface area contributed by atoms with E-state index in [1.165, 1.54) is 0 Å². The summed E-state index contributed by atoms with van der Waals surface area (Å²) in [5.41, 5.74) is 0. The van der Waals surface area contributed by atoms with E-state index in [0.717, 1.165) is 38.5 Å². The van der Waals surface area contributed by atoms with Gasteiger partial charge in [0, 0.05) is 22.3 Å². The first-order valence-corrected chi connectivity index (χ1v) is 9.72. The summed E-state index contributed by atoms with van der Waals surface area (Å²) in [5.74, 6) is 0.768. The van der Waals surface area contributed by atoms with Crippen molar-refractivity contribution in [3.05, 3.63) is 0 Å². The highest BCUT2D eigenvalue weighted by Gasteiger charge is 2.11. The fraction of sp³-hybridized carbons (Fsp3) is 1.00. The van der Waals surface area contributed by atoms with Crippen LogP contribution in [0.1, 0.15) is 78.1 Å². The van der Waals surface area contributed by atoms with Gasteiger partial charge in [-0.1, -0.05) is 52.4 Å². The monoisotopic (exact) mass is 310 g/mol. The Morgan fingerprint density at radius 1 is 0.750 bits per heavy atom. The van der Waals surface area contributed by atoms with Crippen LogP contribution in [0.3, 0.4) is 0 Å². The lowest BCUT2D eigenvalue weighted by Crippen LogP contribution is -2.12. The van der Waals surface area contributed by atoms with Gasteiger partial charge in [0.1, 0.15) is 12.3 Å². The van der Waals surface area contributed by atoms with Gasteiger partial charge in [0.15, 0.2) is 0 Å². The van der Waals surface area contributed by atoms with Crippen molar-refractivity contribution in [1.29, 1.82) is 0 Å². The first kappa shape index (κ1) is 20.0. The molecular weight excluding hydrogens is 278 g/mol. The zero-order valence-electron chi connectivity index (χ0n) is 13.2. The summed E-state index contributed by atoms with van der Waals surface area (Å²) in [4.78, 5) is 0. The standard InChI is InChI=1S/C16H32F2OS/c1-3-5-7-9-15(17)11-13-20(19)14-12-16(18)10-8-6-4-2/h15-16H,3-14H2,1-2H3. The molecule has 0 N–H and O–H groups in total. The van der Waals surface area contributed by atoms with E-state index in [2.05, 4.69) is 13.8 Å². The lowest BCUT2D eigenvalue weighted by Gasteiger charge is -2.09. The fourth-order valence-corrected chi connectivity index (χ4v) is 3.38. The van der Waals surface area contributed by atoms with Gasteiger partial charge < -0.3 is 0 Å². The van der Waals surface area contributed by atoms with E-state index >= 15 is 0 Å². The first-order chi connectivity index (χ1) is 9.60. The van der Waals surface area contributed by atoms with Crippen molar-refractivity contribution in [2.24, 2.45) is 0 Å². The molecule has 0 aliphatic rings. The van der Waals surface area contributed by atoms with Gasteiger partial charge in [-0.25, -0.2) is 8.78 Å². The third-order valence-electron chi connectivity index (χ3n) is 3.56. The predicted octanol–water partition coefficient (Wildman–Crippen LogP) is 5.35. The summed E-state index contributed by atoms with van der Waals surface area (Å²) in [7, 11) is -1.06. The summed E-state index contributed by atoms with van der Waals surface area (Å²) in [5, 5.41) is 0. The third-order valence-corrected chi connectivity index (χ3v) is 4.94. The predicted molar refractivity (Wildman–Crippen MR) is 85.2 cm³/mol. The van der Waals surface area contributed by atoms with E-state index in [-0.39, 0.29) is 0 Å². The van der Waals surface area contributed by atoms with Crippen molar-refractivity contribution in [2.45, 2.75) is 90.4 Å². The molecule has 0 amide bonds. The highest BCUT2D eigenvalue weighted by atomic mass is 32.2. The zero-order valence-corrected chi connectivity index (χ0v) is 14.0. The molecule has 0 radical (unpaired) electrons. The molecule has 0 fully saturated rings. The fourth-order valence-electron chi connectivity index (χ4n) is 2.14. The average molecular weight is 310 g/mol. The van der Waals surface area contributed by atoms with Crippen molar-refractivity contribution in [3.63, 3.8) is 0 Å². The maximum Gasteiger partial charge on any atom is 0.101 e. The van der Waals surface area contributed by atoms with Gasteiger partial charge in [0.05, 0.1) is 0 Å². The van der Waals surface area contributed by atoms with Crippen LogP contribution in [0.5, 0.6) is 0 Å². The van der Waals surface area contributed by atoms with Crippen molar-refractivity contribution in [1.82, 2.24) is 0 Å². The van der Waals surface area contributed by atoms with Gasteiger partial charge in [-0.3, -0.25) is 4.21 Å². The number of alkyl halides is 2. The zero-order chi connectivity index (χ0) is 15.2. The minimum absolute atomic E-state index is 0.364. The maximum absolute atomic E-state index is 13.5. The minimum atomic E-state index is -1.06. The van der Waals surface area contributed by atoms with Gasteiger partial charge in [-0.05, 0) is 25.7 Å². The van der Waals surface area contributed by atoms with Crippen molar-refractivity contribution in [3.8, 4) is 0 Å². The number of halogens is 2. The highest BCUT2D eigenvalue weighted by molar-refractivity contribution is 7.84. The Morgan fingerprint density at radius 2 is 1.15 bits per heavy atom. The van der Waals surface area contributed by atoms with Crippen LogP contribution in [0.25, 0.3) is 0 Å². The summed E-state index contributed by atoms with van der Waals surface area (Å²) in [6.07, 6.45) is 6.34. The SMILES string of the molecule is CCCCCC(F)CCS(=O)CCC(F)CCCCC. The van der Waals surface area contributed by atoms with Crippen LogP contribution >= 0.6 is 0 Å². The highest BCUT2D eigenvalue weighted by Crippen LogP contribution is 2.13. The molecule has 0 aliphatic heterocycles. The smallest absolute Gasteiger partial charge is 0.101 e. The van der Waals surface area contributed by atoms with Crippen LogP contribution in [-0.4, -0.2) is 28.1 Å². The molecule has 2 unspecified atom stereocenters. The molecule has 0 aromatic carbocycles. The molecule has 0 saturated heterocycles. The number of rotatable bonds is 14. The van der Waals surface area contributed by atoms with Crippen molar-refractivity contribution < 1.29 is 13.0 Å². The number of hydrogen-bond acceptors (Lipinski definition) is 1. The van der Waals surface area contributed by atoms with Gasteiger partial charge in [-0.15, -0.1) is 0 Å². The second-order valence-electron chi connectivity index (χ2n) is 5.61. The Bertz CT molecular complexity index is 215. The van der Waals surface area contributed by atoms with E-state index in [0.29, 0.717) is 37.2 Å². The van der Waals surface area contributed by atoms with Crippen LogP contribution in [-0.2, 0) is 10.8 Å².